The van der Waals surface area contributed by atoms with Crippen LogP contribution >= 0.6 is 27.5 Å². The van der Waals surface area contributed by atoms with Gasteiger partial charge in [-0.15, -0.1) is 0 Å². The van der Waals surface area contributed by atoms with Crippen molar-refractivity contribution in [2.75, 3.05) is 31.3 Å². The lowest BCUT2D eigenvalue weighted by Crippen LogP contribution is -2.29. The average Bonchev–Trinajstić information content (AvgIpc) is 2.88. The monoisotopic (exact) mass is 415 g/mol. The summed E-state index contributed by atoms with van der Waals surface area (Å²) in [6.07, 6.45) is 2.63. The highest BCUT2D eigenvalue weighted by Crippen LogP contribution is 2.25. The summed E-state index contributed by atoms with van der Waals surface area (Å²) in [4.78, 5) is 13.9. The number of nitrogens with one attached hydrogen (secondary N) is 2. The van der Waals surface area contributed by atoms with Crippen molar-refractivity contribution in [1.82, 2.24) is 14.7 Å². The van der Waals surface area contributed by atoms with Gasteiger partial charge in [0.2, 0.25) is 0 Å². The number of likely N-dealkylation sites (N-methyl/N-ethyl adjacent to an activating group) is 1. The predicted octanol–water partition coefficient (Wildman–Crippen LogP) is 2.87. The fourth-order valence-electron chi connectivity index (χ4n) is 2.10. The molecule has 0 saturated heterocycles. The van der Waals surface area contributed by atoms with E-state index in [0.717, 1.165) is 4.47 Å². The van der Waals surface area contributed by atoms with Crippen LogP contribution in [0.25, 0.3) is 0 Å². The molecule has 0 aliphatic rings. The second kappa shape index (κ2) is 8.48. The number of anilines is 2. The maximum atomic E-state index is 12.0. The molecule has 0 spiro atoms. The van der Waals surface area contributed by atoms with Crippen LogP contribution < -0.4 is 10.6 Å². The second-order valence-electron chi connectivity index (χ2n) is 5.57. The molecule has 1 atom stereocenters. The molecule has 0 aliphatic heterocycles. The van der Waals surface area contributed by atoms with Gasteiger partial charge >= 0.3 is 6.03 Å². The van der Waals surface area contributed by atoms with Crippen LogP contribution in [-0.4, -0.2) is 52.6 Å². The average molecular weight is 417 g/mol. The van der Waals surface area contributed by atoms with E-state index in [-0.39, 0.29) is 0 Å². The largest absolute Gasteiger partial charge is 0.390 e. The van der Waals surface area contributed by atoms with Crippen molar-refractivity contribution in [3.8, 4) is 0 Å². The number of nitrogens with zero attached hydrogens (tertiary/aromatic N) is 3. The molecular formula is C15H19BrClN5O2. The number of urea groups is 1. The molecule has 0 radical (unpaired) electrons. The van der Waals surface area contributed by atoms with Crippen LogP contribution in [0.2, 0.25) is 5.02 Å². The summed E-state index contributed by atoms with van der Waals surface area (Å²) in [6.45, 7) is 0.880. The third-order valence-electron chi connectivity index (χ3n) is 3.04. The van der Waals surface area contributed by atoms with Crippen LogP contribution in [0.15, 0.2) is 35.1 Å². The Bertz CT molecular complexity index is 707. The number of aromatic nitrogens is 2. The van der Waals surface area contributed by atoms with E-state index in [2.05, 4.69) is 31.7 Å². The van der Waals surface area contributed by atoms with Gasteiger partial charge in [0, 0.05) is 17.2 Å². The molecule has 0 aliphatic carbocycles. The first-order valence-electron chi connectivity index (χ1n) is 7.22. The van der Waals surface area contributed by atoms with Gasteiger partial charge < -0.3 is 20.6 Å². The normalized spacial score (nSPS) is 12.2. The van der Waals surface area contributed by atoms with E-state index in [9.17, 15) is 9.90 Å². The Morgan fingerprint density at radius 1 is 1.46 bits per heavy atom. The summed E-state index contributed by atoms with van der Waals surface area (Å²) in [7, 11) is 3.77. The number of carbonyl (C=O) groups excluding carboxylic acids is 1. The number of amides is 2. The number of aliphatic hydroxyl groups is 1. The van der Waals surface area contributed by atoms with Crippen molar-refractivity contribution in [1.29, 1.82) is 0 Å². The zero-order valence-corrected chi connectivity index (χ0v) is 15.7. The smallest absolute Gasteiger partial charge is 0.323 e. The highest BCUT2D eigenvalue weighted by molar-refractivity contribution is 9.10. The minimum Gasteiger partial charge on any atom is -0.390 e. The molecule has 130 valence electrons. The molecular weight excluding hydrogens is 398 g/mol. The molecule has 7 nitrogen and oxygen atoms in total. The number of carbonyl (C=O) groups is 1. The number of hydrogen-bond acceptors (Lipinski definition) is 4. The maximum absolute atomic E-state index is 12.0. The van der Waals surface area contributed by atoms with Gasteiger partial charge in [0.15, 0.2) is 0 Å². The van der Waals surface area contributed by atoms with E-state index < -0.39 is 12.1 Å². The molecule has 1 heterocycles. The highest BCUT2D eigenvalue weighted by atomic mass is 79.9. The predicted molar refractivity (Wildman–Crippen MR) is 98.6 cm³/mol. The number of rotatable bonds is 6. The lowest BCUT2D eigenvalue weighted by atomic mass is 10.3. The highest BCUT2D eigenvalue weighted by Gasteiger charge is 2.10. The van der Waals surface area contributed by atoms with Gasteiger partial charge in [-0.2, -0.15) is 5.10 Å². The van der Waals surface area contributed by atoms with Gasteiger partial charge in [0.05, 0.1) is 35.2 Å². The number of hydrogen-bond donors (Lipinski definition) is 3. The number of aliphatic hydroxyl groups excluding tert-OH is 1. The first kappa shape index (κ1) is 18.7. The SMILES string of the molecule is CN(C)C[C@H](O)Cn1cc(NC(=O)Nc2ccc(Br)cc2Cl)cn1. The zero-order valence-electron chi connectivity index (χ0n) is 13.3. The summed E-state index contributed by atoms with van der Waals surface area (Å²) >= 11 is 9.36. The minimum absolute atomic E-state index is 0.347. The van der Waals surface area contributed by atoms with Crippen molar-refractivity contribution in [2.24, 2.45) is 0 Å². The molecule has 3 N–H and O–H groups in total. The Morgan fingerprint density at radius 2 is 2.21 bits per heavy atom. The third kappa shape index (κ3) is 5.79. The summed E-state index contributed by atoms with van der Waals surface area (Å²) in [5.41, 5.74) is 1.03. The van der Waals surface area contributed by atoms with E-state index >= 15 is 0 Å². The van der Waals surface area contributed by atoms with Crippen molar-refractivity contribution >= 4 is 44.9 Å². The van der Waals surface area contributed by atoms with Gasteiger partial charge in [0.25, 0.3) is 0 Å². The van der Waals surface area contributed by atoms with E-state index in [1.807, 2.05) is 19.0 Å². The molecule has 2 rings (SSSR count). The summed E-state index contributed by atoms with van der Waals surface area (Å²) in [5.74, 6) is 0. The lowest BCUT2D eigenvalue weighted by molar-refractivity contribution is 0.116. The molecule has 1 aromatic carbocycles. The quantitative estimate of drug-likeness (QED) is 0.676. The zero-order chi connectivity index (χ0) is 17.7. The lowest BCUT2D eigenvalue weighted by Gasteiger charge is -2.15. The van der Waals surface area contributed by atoms with Crippen molar-refractivity contribution in [3.05, 3.63) is 40.1 Å². The fourth-order valence-corrected chi connectivity index (χ4v) is 2.82. The topological polar surface area (TPSA) is 82.4 Å². The Kier molecular flexibility index (Phi) is 6.61. The van der Waals surface area contributed by atoms with Gasteiger partial charge in [0.1, 0.15) is 0 Å². The molecule has 2 aromatic rings. The minimum atomic E-state index is -0.539. The van der Waals surface area contributed by atoms with Crippen LogP contribution in [0.4, 0.5) is 16.2 Å². The Morgan fingerprint density at radius 3 is 2.88 bits per heavy atom. The molecule has 0 bridgehead atoms. The van der Waals surface area contributed by atoms with Gasteiger partial charge in [-0.05, 0) is 32.3 Å². The van der Waals surface area contributed by atoms with Gasteiger partial charge in [-0.3, -0.25) is 4.68 Å². The number of halogens is 2. The molecule has 1 aromatic heterocycles. The van der Waals surface area contributed by atoms with E-state index in [4.69, 9.17) is 11.6 Å². The van der Waals surface area contributed by atoms with Crippen molar-refractivity contribution in [2.45, 2.75) is 12.6 Å². The van der Waals surface area contributed by atoms with E-state index in [1.165, 1.54) is 6.20 Å². The Balaban J connectivity index is 1.90. The van der Waals surface area contributed by atoms with Crippen molar-refractivity contribution < 1.29 is 9.90 Å². The third-order valence-corrected chi connectivity index (χ3v) is 3.85. The molecule has 0 unspecified atom stereocenters. The molecule has 24 heavy (non-hydrogen) atoms. The van der Waals surface area contributed by atoms with Crippen LogP contribution in [0.1, 0.15) is 0 Å². The first-order valence-corrected chi connectivity index (χ1v) is 8.39. The second-order valence-corrected chi connectivity index (χ2v) is 6.89. The van der Waals surface area contributed by atoms with Crippen LogP contribution in [0, 0.1) is 0 Å². The van der Waals surface area contributed by atoms with Crippen LogP contribution in [-0.2, 0) is 6.54 Å². The fraction of sp³-hybridized carbons (Fsp3) is 0.333. The van der Waals surface area contributed by atoms with Crippen LogP contribution in [0.3, 0.4) is 0 Å². The molecule has 0 fully saturated rings. The number of benzene rings is 1. The van der Waals surface area contributed by atoms with Gasteiger partial charge in [-0.25, -0.2) is 4.79 Å². The van der Waals surface area contributed by atoms with Gasteiger partial charge in [-0.1, -0.05) is 27.5 Å². The molecule has 9 heteroatoms. The van der Waals surface area contributed by atoms with Crippen molar-refractivity contribution in [3.63, 3.8) is 0 Å². The van der Waals surface area contributed by atoms with Crippen LogP contribution in [0.5, 0.6) is 0 Å². The first-order chi connectivity index (χ1) is 11.3. The molecule has 2 amide bonds. The standard InChI is InChI=1S/C15H19BrClN5O2/c1-21(2)8-12(23)9-22-7-11(6-18-22)19-15(24)20-14-4-3-10(16)5-13(14)17/h3-7,12,23H,8-9H2,1-2H3,(H2,19,20,24)/t12-/m0/s1. The Labute approximate surface area is 153 Å². The molecule has 0 saturated carbocycles. The van der Waals surface area contributed by atoms with E-state index in [0.29, 0.717) is 29.5 Å². The van der Waals surface area contributed by atoms with E-state index in [1.54, 1.807) is 29.1 Å². The summed E-state index contributed by atoms with van der Waals surface area (Å²) in [5, 5.41) is 19.8. The summed E-state index contributed by atoms with van der Waals surface area (Å²) in [6, 6.07) is 4.76. The maximum Gasteiger partial charge on any atom is 0.323 e. The summed E-state index contributed by atoms with van der Waals surface area (Å²) < 4.78 is 2.41. The Hall–Kier alpha value is -1.61.